The van der Waals surface area contributed by atoms with Gasteiger partial charge < -0.3 is 4.74 Å². The molecule has 59 valence electrons. The van der Waals surface area contributed by atoms with Crippen LogP contribution in [0.2, 0.25) is 0 Å². The number of hydrogen-bond donors (Lipinski definition) is 0. The summed E-state index contributed by atoms with van der Waals surface area (Å²) in [6.45, 7) is 5.10. The Morgan fingerprint density at radius 1 is 1.50 bits per heavy atom. The number of hydrogen-bond acceptors (Lipinski definition) is 1. The molecule has 0 aromatic carbocycles. The molecule has 0 aromatic heterocycles. The molecule has 0 spiro atoms. The van der Waals surface area contributed by atoms with Crippen LogP contribution < -0.4 is 0 Å². The van der Waals surface area contributed by atoms with E-state index in [9.17, 15) is 0 Å². The fraction of sp³-hybridized carbons (Fsp3) is 0.889. The highest BCUT2D eigenvalue weighted by molar-refractivity contribution is 4.69. The summed E-state index contributed by atoms with van der Waals surface area (Å²) in [5, 5.41) is 0. The van der Waals surface area contributed by atoms with Crippen LogP contribution in [0.1, 0.15) is 39.0 Å². The van der Waals surface area contributed by atoms with Crippen LogP contribution in [0.25, 0.3) is 0 Å². The smallest absolute Gasteiger partial charge is 0.0836 e. The molecule has 0 bridgehead atoms. The van der Waals surface area contributed by atoms with Gasteiger partial charge in [-0.15, -0.1) is 0 Å². The molecule has 0 N–H and O–H groups in total. The van der Waals surface area contributed by atoms with Gasteiger partial charge in [0.05, 0.1) is 6.61 Å². The van der Waals surface area contributed by atoms with E-state index in [2.05, 4.69) is 6.92 Å². The molecule has 0 atom stereocenters. The average Bonchev–Trinajstić information content (AvgIpc) is 1.84. The summed E-state index contributed by atoms with van der Waals surface area (Å²) >= 11 is 0. The van der Waals surface area contributed by atoms with Gasteiger partial charge in [0.25, 0.3) is 0 Å². The first-order valence-corrected chi connectivity index (χ1v) is 4.36. The Labute approximate surface area is 63.8 Å². The Morgan fingerprint density at radius 3 is 2.80 bits per heavy atom. The number of unbranched alkanes of at least 4 members (excludes halogenated alkanes) is 1. The van der Waals surface area contributed by atoms with Gasteiger partial charge in [0.2, 0.25) is 0 Å². The summed E-state index contributed by atoms with van der Waals surface area (Å²) in [7, 11) is 0. The molecule has 1 fully saturated rings. The molecule has 0 amide bonds. The largest absolute Gasteiger partial charge is 0.375 e. The fourth-order valence-corrected chi connectivity index (χ4v) is 1.06. The Balaban J connectivity index is 1.76. The van der Waals surface area contributed by atoms with Crippen LogP contribution in [0, 0.1) is 12.5 Å². The van der Waals surface area contributed by atoms with Gasteiger partial charge in [-0.05, 0) is 25.2 Å². The van der Waals surface area contributed by atoms with Crippen LogP contribution in [-0.4, -0.2) is 6.61 Å². The third kappa shape index (κ3) is 2.70. The summed E-state index contributed by atoms with van der Waals surface area (Å²) in [4.78, 5) is 0. The van der Waals surface area contributed by atoms with Gasteiger partial charge in [0.15, 0.2) is 0 Å². The van der Waals surface area contributed by atoms with Crippen molar-refractivity contribution in [3.05, 3.63) is 6.61 Å². The van der Waals surface area contributed by atoms with E-state index in [1.54, 1.807) is 0 Å². The third-order valence-corrected chi connectivity index (χ3v) is 2.08. The van der Waals surface area contributed by atoms with Crippen molar-refractivity contribution in [1.82, 2.24) is 0 Å². The predicted octanol–water partition coefficient (Wildman–Crippen LogP) is 2.76. The minimum atomic E-state index is 0.883. The minimum Gasteiger partial charge on any atom is -0.375 e. The normalized spacial score (nSPS) is 18.9. The second-order valence-corrected chi connectivity index (χ2v) is 3.09. The monoisotopic (exact) mass is 141 g/mol. The van der Waals surface area contributed by atoms with E-state index in [4.69, 9.17) is 4.74 Å². The Hall–Kier alpha value is -0.0400. The molecular weight excluding hydrogens is 124 g/mol. The highest BCUT2D eigenvalue weighted by atomic mass is 16.5. The predicted molar refractivity (Wildman–Crippen MR) is 42.5 cm³/mol. The van der Waals surface area contributed by atoms with Crippen molar-refractivity contribution in [2.75, 3.05) is 6.61 Å². The fourth-order valence-electron chi connectivity index (χ4n) is 1.06. The van der Waals surface area contributed by atoms with Crippen molar-refractivity contribution >= 4 is 0 Å². The SMILES string of the molecule is CCC[CH]OCC1CCC1. The first-order chi connectivity index (χ1) is 4.93. The maximum atomic E-state index is 5.35. The molecule has 10 heavy (non-hydrogen) atoms. The first kappa shape index (κ1) is 8.06. The highest BCUT2D eigenvalue weighted by Gasteiger charge is 2.16. The maximum absolute atomic E-state index is 5.35. The van der Waals surface area contributed by atoms with E-state index >= 15 is 0 Å². The lowest BCUT2D eigenvalue weighted by molar-refractivity contribution is 0.109. The van der Waals surface area contributed by atoms with Crippen molar-refractivity contribution in [2.45, 2.75) is 39.0 Å². The lowest BCUT2D eigenvalue weighted by Gasteiger charge is -2.24. The molecule has 0 unspecified atom stereocenters. The van der Waals surface area contributed by atoms with Gasteiger partial charge in [-0.1, -0.05) is 19.8 Å². The zero-order valence-electron chi connectivity index (χ0n) is 6.81. The third-order valence-electron chi connectivity index (χ3n) is 2.08. The maximum Gasteiger partial charge on any atom is 0.0836 e. The Kier molecular flexibility index (Phi) is 3.81. The lowest BCUT2D eigenvalue weighted by Crippen LogP contribution is -2.16. The molecule has 0 aliphatic heterocycles. The van der Waals surface area contributed by atoms with Crippen molar-refractivity contribution in [2.24, 2.45) is 5.92 Å². The summed E-state index contributed by atoms with van der Waals surface area (Å²) in [6.07, 6.45) is 6.50. The van der Waals surface area contributed by atoms with Gasteiger partial charge >= 0.3 is 0 Å². The average molecular weight is 141 g/mol. The topological polar surface area (TPSA) is 9.23 Å². The molecule has 1 nitrogen and oxygen atoms in total. The van der Waals surface area contributed by atoms with E-state index in [1.807, 2.05) is 6.61 Å². The van der Waals surface area contributed by atoms with Gasteiger partial charge in [-0.3, -0.25) is 0 Å². The van der Waals surface area contributed by atoms with Gasteiger partial charge in [0, 0.05) is 6.61 Å². The van der Waals surface area contributed by atoms with Crippen LogP contribution in [0.4, 0.5) is 0 Å². The van der Waals surface area contributed by atoms with Crippen molar-refractivity contribution in [1.29, 1.82) is 0 Å². The first-order valence-electron chi connectivity index (χ1n) is 4.36. The van der Waals surface area contributed by atoms with E-state index < -0.39 is 0 Å². The second kappa shape index (κ2) is 4.73. The molecule has 1 radical (unpaired) electrons. The van der Waals surface area contributed by atoms with Crippen LogP contribution in [0.3, 0.4) is 0 Å². The van der Waals surface area contributed by atoms with Crippen LogP contribution >= 0.6 is 0 Å². The summed E-state index contributed by atoms with van der Waals surface area (Å²) in [5.41, 5.74) is 0. The van der Waals surface area contributed by atoms with E-state index in [-0.39, 0.29) is 0 Å². The van der Waals surface area contributed by atoms with Crippen molar-refractivity contribution in [3.63, 3.8) is 0 Å². The van der Waals surface area contributed by atoms with Crippen LogP contribution in [0.15, 0.2) is 0 Å². The lowest BCUT2D eigenvalue weighted by atomic mass is 9.86. The molecule has 0 saturated heterocycles. The molecule has 1 saturated carbocycles. The quantitative estimate of drug-likeness (QED) is 0.535. The Morgan fingerprint density at radius 2 is 2.30 bits per heavy atom. The zero-order valence-corrected chi connectivity index (χ0v) is 6.81. The molecule has 1 aliphatic carbocycles. The molecule has 0 aromatic rings. The minimum absolute atomic E-state index is 0.883. The molecule has 1 aliphatic rings. The summed E-state index contributed by atoms with van der Waals surface area (Å²) in [6, 6.07) is 0. The molecule has 0 heterocycles. The number of rotatable bonds is 5. The van der Waals surface area contributed by atoms with Gasteiger partial charge in [0.1, 0.15) is 0 Å². The number of ether oxygens (including phenoxy) is 1. The van der Waals surface area contributed by atoms with Crippen LogP contribution in [0.5, 0.6) is 0 Å². The van der Waals surface area contributed by atoms with Crippen LogP contribution in [-0.2, 0) is 4.74 Å². The Bertz CT molecular complexity index is 76.8. The zero-order chi connectivity index (χ0) is 7.23. The second-order valence-electron chi connectivity index (χ2n) is 3.09. The summed E-state index contributed by atoms with van der Waals surface area (Å²) in [5.74, 6) is 0.883. The van der Waals surface area contributed by atoms with E-state index in [0.717, 1.165) is 18.9 Å². The van der Waals surface area contributed by atoms with Gasteiger partial charge in [-0.25, -0.2) is 0 Å². The van der Waals surface area contributed by atoms with E-state index in [1.165, 1.54) is 25.7 Å². The molecule has 1 rings (SSSR count). The van der Waals surface area contributed by atoms with Crippen molar-refractivity contribution in [3.8, 4) is 0 Å². The molecule has 1 heteroatoms. The standard InChI is InChI=1S/C9H17O/c1-2-3-7-10-8-9-5-4-6-9/h7,9H,2-6,8H2,1H3. The molecular formula is C9H17O. The highest BCUT2D eigenvalue weighted by Crippen LogP contribution is 2.26. The summed E-state index contributed by atoms with van der Waals surface area (Å²) < 4.78 is 5.35. The van der Waals surface area contributed by atoms with E-state index in [0.29, 0.717) is 0 Å². The van der Waals surface area contributed by atoms with Crippen molar-refractivity contribution < 1.29 is 4.74 Å². The van der Waals surface area contributed by atoms with Gasteiger partial charge in [-0.2, -0.15) is 0 Å².